The number of nitrogens with one attached hydrogen (secondary N) is 1. The number of hydrogen-bond donors (Lipinski definition) is 1. The zero-order valence-electron chi connectivity index (χ0n) is 13.1. The van der Waals surface area contributed by atoms with Gasteiger partial charge in [-0.2, -0.15) is 11.8 Å². The fourth-order valence-corrected chi connectivity index (χ4v) is 4.23. The van der Waals surface area contributed by atoms with Crippen LogP contribution in [0.3, 0.4) is 0 Å². The van der Waals surface area contributed by atoms with E-state index in [9.17, 15) is 0 Å². The molecule has 2 nitrogen and oxygen atoms in total. The summed E-state index contributed by atoms with van der Waals surface area (Å²) < 4.78 is 0. The molecular formula is C17H28N2S. The molecule has 0 radical (unpaired) electrons. The van der Waals surface area contributed by atoms with Crippen molar-refractivity contribution in [2.24, 2.45) is 0 Å². The highest BCUT2D eigenvalue weighted by Gasteiger charge is 2.21. The summed E-state index contributed by atoms with van der Waals surface area (Å²) >= 11 is 2.12. The van der Waals surface area contributed by atoms with Gasteiger partial charge in [0.15, 0.2) is 0 Å². The van der Waals surface area contributed by atoms with E-state index in [0.29, 0.717) is 0 Å². The van der Waals surface area contributed by atoms with Gasteiger partial charge < -0.3 is 5.32 Å². The van der Waals surface area contributed by atoms with Gasteiger partial charge in [-0.3, -0.25) is 4.90 Å². The van der Waals surface area contributed by atoms with Crippen LogP contribution in [-0.4, -0.2) is 35.0 Å². The van der Waals surface area contributed by atoms with E-state index < -0.39 is 0 Å². The minimum absolute atomic E-state index is 0.760. The molecule has 1 aromatic carbocycles. The predicted octanol–water partition coefficient (Wildman–Crippen LogP) is 3.51. The first-order valence-electron chi connectivity index (χ1n) is 7.83. The average Bonchev–Trinajstić information content (AvgIpc) is 2.40. The molecule has 1 aromatic rings. The summed E-state index contributed by atoms with van der Waals surface area (Å²) in [6.45, 7) is 12.5. The van der Waals surface area contributed by atoms with Crippen molar-refractivity contribution in [2.75, 3.05) is 19.6 Å². The normalized spacial score (nSPS) is 23.9. The Balaban J connectivity index is 1.83. The maximum Gasteiger partial charge on any atom is 0.0234 e. The van der Waals surface area contributed by atoms with Crippen LogP contribution < -0.4 is 5.32 Å². The van der Waals surface area contributed by atoms with E-state index in [4.69, 9.17) is 0 Å². The molecule has 20 heavy (non-hydrogen) atoms. The number of rotatable bonds is 6. The summed E-state index contributed by atoms with van der Waals surface area (Å²) in [5.41, 5.74) is 2.83. The Labute approximate surface area is 128 Å². The quantitative estimate of drug-likeness (QED) is 0.808. The van der Waals surface area contributed by atoms with Gasteiger partial charge >= 0.3 is 0 Å². The molecule has 1 saturated heterocycles. The molecule has 0 saturated carbocycles. The molecule has 0 amide bonds. The van der Waals surface area contributed by atoms with E-state index >= 15 is 0 Å². The van der Waals surface area contributed by atoms with Crippen molar-refractivity contribution in [3.8, 4) is 0 Å². The van der Waals surface area contributed by atoms with E-state index in [1.807, 2.05) is 0 Å². The average molecular weight is 292 g/mol. The van der Waals surface area contributed by atoms with Crippen LogP contribution in [0.15, 0.2) is 24.3 Å². The molecule has 112 valence electrons. The second kappa shape index (κ2) is 8.06. The van der Waals surface area contributed by atoms with E-state index in [1.54, 1.807) is 0 Å². The van der Waals surface area contributed by atoms with Crippen molar-refractivity contribution in [3.05, 3.63) is 35.4 Å². The molecule has 2 rings (SSSR count). The molecule has 2 unspecified atom stereocenters. The lowest BCUT2D eigenvalue weighted by molar-refractivity contribution is 0.263. The first kappa shape index (κ1) is 15.9. The Bertz CT molecular complexity index is 380. The van der Waals surface area contributed by atoms with Gasteiger partial charge in [0.2, 0.25) is 0 Å². The van der Waals surface area contributed by atoms with Crippen LogP contribution in [0.25, 0.3) is 0 Å². The SMILES string of the molecule is CCCNCc1ccc(CN2CC(C)SC(C)C2)cc1. The van der Waals surface area contributed by atoms with Gasteiger partial charge in [-0.05, 0) is 24.1 Å². The maximum atomic E-state index is 3.45. The van der Waals surface area contributed by atoms with Gasteiger partial charge in [-0.25, -0.2) is 0 Å². The van der Waals surface area contributed by atoms with Crippen molar-refractivity contribution in [1.82, 2.24) is 10.2 Å². The van der Waals surface area contributed by atoms with Crippen molar-refractivity contribution in [3.63, 3.8) is 0 Å². The number of nitrogens with zero attached hydrogens (tertiary/aromatic N) is 1. The molecule has 1 aliphatic rings. The lowest BCUT2D eigenvalue weighted by Crippen LogP contribution is -2.39. The van der Waals surface area contributed by atoms with Crippen molar-refractivity contribution < 1.29 is 0 Å². The largest absolute Gasteiger partial charge is 0.313 e. The third kappa shape index (κ3) is 5.12. The van der Waals surface area contributed by atoms with Crippen molar-refractivity contribution in [2.45, 2.75) is 50.8 Å². The minimum Gasteiger partial charge on any atom is -0.313 e. The van der Waals surface area contributed by atoms with Crippen LogP contribution in [0.4, 0.5) is 0 Å². The molecular weight excluding hydrogens is 264 g/mol. The first-order chi connectivity index (χ1) is 9.67. The van der Waals surface area contributed by atoms with Gasteiger partial charge in [0.05, 0.1) is 0 Å². The topological polar surface area (TPSA) is 15.3 Å². The molecule has 1 aliphatic heterocycles. The monoisotopic (exact) mass is 292 g/mol. The highest BCUT2D eigenvalue weighted by Crippen LogP contribution is 2.25. The molecule has 0 bridgehead atoms. The third-order valence-electron chi connectivity index (χ3n) is 3.68. The lowest BCUT2D eigenvalue weighted by atomic mass is 10.1. The lowest BCUT2D eigenvalue weighted by Gasteiger charge is -2.34. The van der Waals surface area contributed by atoms with Gasteiger partial charge in [0, 0.05) is 36.7 Å². The van der Waals surface area contributed by atoms with E-state index in [-0.39, 0.29) is 0 Å². The van der Waals surface area contributed by atoms with Gasteiger partial charge in [-0.1, -0.05) is 45.0 Å². The smallest absolute Gasteiger partial charge is 0.0234 e. The zero-order chi connectivity index (χ0) is 14.4. The Morgan fingerprint density at radius 1 is 1.10 bits per heavy atom. The minimum atomic E-state index is 0.760. The molecule has 0 aromatic heterocycles. The summed E-state index contributed by atoms with van der Waals surface area (Å²) in [6.07, 6.45) is 1.20. The summed E-state index contributed by atoms with van der Waals surface area (Å²) in [7, 11) is 0. The Morgan fingerprint density at radius 2 is 1.70 bits per heavy atom. The zero-order valence-corrected chi connectivity index (χ0v) is 13.9. The van der Waals surface area contributed by atoms with Crippen LogP contribution in [0.2, 0.25) is 0 Å². The standard InChI is InChI=1S/C17H28N2S/c1-4-9-18-10-16-5-7-17(8-6-16)13-19-11-14(2)20-15(3)12-19/h5-8,14-15,18H,4,9-13H2,1-3H3. The number of benzene rings is 1. The van der Waals surface area contributed by atoms with Crippen LogP contribution in [-0.2, 0) is 13.1 Å². The molecule has 1 fully saturated rings. The molecule has 1 N–H and O–H groups in total. The second-order valence-electron chi connectivity index (χ2n) is 5.94. The Kier molecular flexibility index (Phi) is 6.40. The highest BCUT2D eigenvalue weighted by molar-refractivity contribution is 8.00. The predicted molar refractivity (Wildman–Crippen MR) is 90.2 cm³/mol. The van der Waals surface area contributed by atoms with Crippen molar-refractivity contribution >= 4 is 11.8 Å². The summed E-state index contributed by atoms with van der Waals surface area (Å²) in [6, 6.07) is 9.12. The molecule has 0 aliphatic carbocycles. The Morgan fingerprint density at radius 3 is 2.30 bits per heavy atom. The third-order valence-corrected chi connectivity index (χ3v) is 4.91. The summed E-state index contributed by atoms with van der Waals surface area (Å²) in [5.74, 6) is 0. The van der Waals surface area contributed by atoms with Crippen molar-refractivity contribution in [1.29, 1.82) is 0 Å². The fraction of sp³-hybridized carbons (Fsp3) is 0.647. The highest BCUT2D eigenvalue weighted by atomic mass is 32.2. The summed E-state index contributed by atoms with van der Waals surface area (Å²) in [5, 5.41) is 4.97. The molecule has 0 spiro atoms. The molecule has 1 heterocycles. The van der Waals surface area contributed by atoms with Crippen LogP contribution in [0.5, 0.6) is 0 Å². The van der Waals surface area contributed by atoms with Gasteiger partial charge in [0.1, 0.15) is 0 Å². The van der Waals surface area contributed by atoms with Crippen LogP contribution in [0, 0.1) is 0 Å². The van der Waals surface area contributed by atoms with E-state index in [2.05, 4.69) is 67.0 Å². The number of thioether (sulfide) groups is 1. The number of hydrogen-bond acceptors (Lipinski definition) is 3. The molecule has 3 heteroatoms. The maximum absolute atomic E-state index is 3.45. The van der Waals surface area contributed by atoms with Gasteiger partial charge in [0.25, 0.3) is 0 Å². The van der Waals surface area contributed by atoms with Gasteiger partial charge in [-0.15, -0.1) is 0 Å². The Hall–Kier alpha value is -0.510. The van der Waals surface area contributed by atoms with Crippen LogP contribution in [0.1, 0.15) is 38.3 Å². The van der Waals surface area contributed by atoms with E-state index in [0.717, 1.165) is 30.1 Å². The first-order valence-corrected chi connectivity index (χ1v) is 8.78. The van der Waals surface area contributed by atoms with Crippen LogP contribution >= 0.6 is 11.8 Å². The molecule has 2 atom stereocenters. The fourth-order valence-electron chi connectivity index (χ4n) is 2.84. The second-order valence-corrected chi connectivity index (χ2v) is 7.83. The van der Waals surface area contributed by atoms with E-state index in [1.165, 1.54) is 30.6 Å². The summed E-state index contributed by atoms with van der Waals surface area (Å²) in [4.78, 5) is 2.59.